The van der Waals surface area contributed by atoms with Crippen LogP contribution in [0.4, 0.5) is 0 Å². The van der Waals surface area contributed by atoms with E-state index in [4.69, 9.17) is 14.6 Å². The predicted molar refractivity (Wildman–Crippen MR) is 65.4 cm³/mol. The third kappa shape index (κ3) is 4.22. The van der Waals surface area contributed by atoms with Gasteiger partial charge >= 0.3 is 0 Å². The van der Waals surface area contributed by atoms with Gasteiger partial charge in [0.1, 0.15) is 0 Å². The molecule has 0 aromatic rings. The summed E-state index contributed by atoms with van der Waals surface area (Å²) in [6.07, 6.45) is 0. The molecule has 0 aliphatic heterocycles. The first-order chi connectivity index (χ1) is 6.58. The molecule has 0 bridgehead atoms. The van der Waals surface area contributed by atoms with Crippen LogP contribution in [0.15, 0.2) is 0 Å². The van der Waals surface area contributed by atoms with Gasteiger partial charge in [0.25, 0.3) is 0 Å². The Morgan fingerprint density at radius 2 is 1.40 bits per heavy atom. The summed E-state index contributed by atoms with van der Waals surface area (Å²) >= 11 is 0. The van der Waals surface area contributed by atoms with Crippen molar-refractivity contribution in [2.24, 2.45) is 5.41 Å². The summed E-state index contributed by atoms with van der Waals surface area (Å²) in [5.74, 6) is 0. The van der Waals surface area contributed by atoms with Crippen LogP contribution >= 0.6 is 0 Å². The van der Waals surface area contributed by atoms with Gasteiger partial charge in [-0.05, 0) is 18.1 Å². The summed E-state index contributed by atoms with van der Waals surface area (Å²) < 4.78 is 5.96. The predicted octanol–water partition coefficient (Wildman–Crippen LogP) is 2.00. The van der Waals surface area contributed by atoms with E-state index in [1.807, 2.05) is 6.92 Å². The fourth-order valence-electron chi connectivity index (χ4n) is 0.712. The second-order valence-corrected chi connectivity index (χ2v) is 11.0. The molecule has 0 amide bonds. The lowest BCUT2D eigenvalue weighted by Crippen LogP contribution is -2.45. The highest BCUT2D eigenvalue weighted by Crippen LogP contribution is 2.37. The van der Waals surface area contributed by atoms with Crippen molar-refractivity contribution >= 4 is 8.32 Å². The lowest BCUT2D eigenvalue weighted by molar-refractivity contribution is 0.0242. The van der Waals surface area contributed by atoms with E-state index in [1.54, 1.807) is 0 Å². The Labute approximate surface area is 94.6 Å². The molecule has 0 spiro atoms. The highest BCUT2D eigenvalue weighted by Gasteiger charge is 2.39. The highest BCUT2D eigenvalue weighted by atomic mass is 28.4. The number of rotatable bonds is 5. The summed E-state index contributed by atoms with van der Waals surface area (Å²) in [6, 6.07) is 0. The van der Waals surface area contributed by atoms with Gasteiger partial charge in [-0.25, -0.2) is 0 Å². The molecule has 0 fully saturated rings. The van der Waals surface area contributed by atoms with Gasteiger partial charge in [-0.3, -0.25) is 0 Å². The van der Waals surface area contributed by atoms with Crippen molar-refractivity contribution in [1.82, 2.24) is 0 Å². The quantitative estimate of drug-likeness (QED) is 0.715. The van der Waals surface area contributed by atoms with Crippen LogP contribution in [0.3, 0.4) is 0 Å². The van der Waals surface area contributed by atoms with Crippen LogP contribution in [0, 0.1) is 5.41 Å². The third-order valence-electron chi connectivity index (χ3n) is 3.35. The number of hydrogen-bond acceptors (Lipinski definition) is 3. The molecule has 0 rings (SSSR count). The summed E-state index contributed by atoms with van der Waals surface area (Å²) in [7, 11) is -1.77. The van der Waals surface area contributed by atoms with Crippen LogP contribution in [0.25, 0.3) is 0 Å². The average molecular weight is 234 g/mol. The molecule has 2 N–H and O–H groups in total. The van der Waals surface area contributed by atoms with E-state index in [9.17, 15) is 0 Å². The van der Waals surface area contributed by atoms with Crippen LogP contribution in [-0.2, 0) is 4.43 Å². The maximum absolute atomic E-state index is 9.16. The van der Waals surface area contributed by atoms with E-state index in [-0.39, 0.29) is 18.3 Å². The topological polar surface area (TPSA) is 49.7 Å². The molecule has 3 nitrogen and oxygen atoms in total. The van der Waals surface area contributed by atoms with Crippen molar-refractivity contribution in [1.29, 1.82) is 0 Å². The van der Waals surface area contributed by atoms with Gasteiger partial charge in [0.2, 0.25) is 0 Å². The summed E-state index contributed by atoms with van der Waals surface area (Å²) in [4.78, 5) is 0. The van der Waals surface area contributed by atoms with Crippen molar-refractivity contribution < 1.29 is 14.6 Å². The molecule has 0 heterocycles. The average Bonchev–Trinajstić information content (AvgIpc) is 2.13. The van der Waals surface area contributed by atoms with Gasteiger partial charge in [0.15, 0.2) is 8.32 Å². The second-order valence-electron chi connectivity index (χ2n) is 6.18. The molecule has 0 unspecified atom stereocenters. The fraction of sp³-hybridized carbons (Fsp3) is 1.00. The SMILES string of the molecule is CC(CO)(CO)CO[Si](C)(C)C(C)(C)C. The normalized spacial score (nSPS) is 14.4. The molecule has 0 aromatic carbocycles. The van der Waals surface area contributed by atoms with Gasteiger partial charge in [0.05, 0.1) is 13.2 Å². The van der Waals surface area contributed by atoms with Crippen LogP contribution in [0.5, 0.6) is 0 Å². The summed E-state index contributed by atoms with van der Waals surface area (Å²) in [6.45, 7) is 13.0. The molecular formula is C11H26O3Si. The Kier molecular flexibility index (Phi) is 4.98. The van der Waals surface area contributed by atoms with Gasteiger partial charge in [-0.2, -0.15) is 0 Å². The number of hydrogen-bond donors (Lipinski definition) is 2. The van der Waals surface area contributed by atoms with E-state index >= 15 is 0 Å². The van der Waals surface area contributed by atoms with Crippen molar-refractivity contribution in [2.75, 3.05) is 19.8 Å². The monoisotopic (exact) mass is 234 g/mol. The number of aliphatic hydroxyl groups excluding tert-OH is 2. The van der Waals surface area contributed by atoms with Crippen molar-refractivity contribution in [3.05, 3.63) is 0 Å². The molecular weight excluding hydrogens is 208 g/mol. The van der Waals surface area contributed by atoms with Gasteiger partial charge in [0, 0.05) is 12.0 Å². The molecule has 0 aromatic heterocycles. The molecule has 0 atom stereocenters. The summed E-state index contributed by atoms with van der Waals surface area (Å²) in [5.41, 5.74) is -0.518. The van der Waals surface area contributed by atoms with Crippen molar-refractivity contribution in [3.63, 3.8) is 0 Å². The van der Waals surface area contributed by atoms with E-state index in [0.717, 1.165) is 0 Å². The lowest BCUT2D eigenvalue weighted by Gasteiger charge is -2.39. The van der Waals surface area contributed by atoms with E-state index in [2.05, 4.69) is 33.9 Å². The molecule has 4 heteroatoms. The smallest absolute Gasteiger partial charge is 0.192 e. The Hall–Kier alpha value is 0.0969. The summed E-state index contributed by atoms with van der Waals surface area (Å²) in [5, 5.41) is 18.5. The largest absolute Gasteiger partial charge is 0.416 e. The third-order valence-corrected chi connectivity index (χ3v) is 7.83. The van der Waals surface area contributed by atoms with Crippen LogP contribution in [0.1, 0.15) is 27.7 Å². The first-order valence-corrected chi connectivity index (χ1v) is 8.34. The Morgan fingerprint density at radius 1 is 1.00 bits per heavy atom. The molecule has 92 valence electrons. The second kappa shape index (κ2) is 4.95. The Bertz CT molecular complexity index is 192. The fourth-order valence-corrected chi connectivity index (χ4v) is 1.85. The lowest BCUT2D eigenvalue weighted by atomic mass is 9.95. The molecule has 0 aliphatic carbocycles. The van der Waals surface area contributed by atoms with Gasteiger partial charge in [-0.1, -0.05) is 27.7 Å². The van der Waals surface area contributed by atoms with Crippen LogP contribution in [-0.4, -0.2) is 38.4 Å². The maximum atomic E-state index is 9.16. The first-order valence-electron chi connectivity index (χ1n) is 5.44. The zero-order valence-electron chi connectivity index (χ0n) is 10.9. The minimum atomic E-state index is -1.77. The van der Waals surface area contributed by atoms with Gasteiger partial charge in [-0.15, -0.1) is 0 Å². The molecule has 0 radical (unpaired) electrons. The zero-order valence-corrected chi connectivity index (χ0v) is 11.9. The van der Waals surface area contributed by atoms with Crippen molar-refractivity contribution in [2.45, 2.75) is 45.8 Å². The minimum absolute atomic E-state index is 0.0435. The Balaban J connectivity index is 4.38. The molecule has 0 saturated carbocycles. The minimum Gasteiger partial charge on any atom is -0.416 e. The van der Waals surface area contributed by atoms with Crippen LogP contribution in [0.2, 0.25) is 18.1 Å². The van der Waals surface area contributed by atoms with Gasteiger partial charge < -0.3 is 14.6 Å². The van der Waals surface area contributed by atoms with E-state index in [0.29, 0.717) is 6.61 Å². The van der Waals surface area contributed by atoms with Crippen molar-refractivity contribution in [3.8, 4) is 0 Å². The zero-order chi connectivity index (χ0) is 12.3. The number of aliphatic hydroxyl groups is 2. The van der Waals surface area contributed by atoms with E-state index < -0.39 is 13.7 Å². The first kappa shape index (κ1) is 15.1. The molecule has 15 heavy (non-hydrogen) atoms. The molecule has 0 aliphatic rings. The standard InChI is InChI=1S/C11H26O3Si/c1-10(2,3)15(5,6)14-9-11(4,7-12)8-13/h12-13H,7-9H2,1-6H3. The molecule has 0 saturated heterocycles. The highest BCUT2D eigenvalue weighted by molar-refractivity contribution is 6.74. The Morgan fingerprint density at radius 3 is 1.67 bits per heavy atom. The van der Waals surface area contributed by atoms with E-state index in [1.165, 1.54) is 0 Å². The maximum Gasteiger partial charge on any atom is 0.192 e. The van der Waals surface area contributed by atoms with Crippen LogP contribution < -0.4 is 0 Å².